The first-order valence-electron chi connectivity index (χ1n) is 7.60. The van der Waals surface area contributed by atoms with Crippen molar-refractivity contribution in [2.45, 2.75) is 33.1 Å². The van der Waals surface area contributed by atoms with Crippen molar-refractivity contribution in [3.05, 3.63) is 12.4 Å². The van der Waals surface area contributed by atoms with Crippen molar-refractivity contribution < 1.29 is 9.90 Å². The molecule has 1 aromatic heterocycles. The molecule has 6 nitrogen and oxygen atoms in total. The van der Waals surface area contributed by atoms with Crippen LogP contribution in [0.1, 0.15) is 33.1 Å². The third-order valence-corrected chi connectivity index (χ3v) is 3.85. The summed E-state index contributed by atoms with van der Waals surface area (Å²) in [6.07, 6.45) is 4.02. The van der Waals surface area contributed by atoms with Crippen LogP contribution in [0.25, 0.3) is 0 Å². The number of hydrogen-bond acceptors (Lipinski definition) is 5. The van der Waals surface area contributed by atoms with Gasteiger partial charge in [0.15, 0.2) is 0 Å². The SMILES string of the molecule is CC(C)CCNc1cc(N2CCC(C(=O)O)CC2)ncn1. The van der Waals surface area contributed by atoms with Crippen molar-refractivity contribution >= 4 is 17.6 Å². The molecule has 1 saturated heterocycles. The van der Waals surface area contributed by atoms with Gasteiger partial charge in [0.25, 0.3) is 0 Å². The molecule has 2 rings (SSSR count). The lowest BCUT2D eigenvalue weighted by Gasteiger charge is -2.31. The Labute approximate surface area is 125 Å². The number of rotatable bonds is 6. The summed E-state index contributed by atoms with van der Waals surface area (Å²) in [5, 5.41) is 12.3. The molecule has 1 fully saturated rings. The van der Waals surface area contributed by atoms with Crippen LogP contribution < -0.4 is 10.2 Å². The second-order valence-electron chi connectivity index (χ2n) is 5.97. The topological polar surface area (TPSA) is 78.4 Å². The first kappa shape index (κ1) is 15.5. The Balaban J connectivity index is 1.90. The largest absolute Gasteiger partial charge is 0.481 e. The lowest BCUT2D eigenvalue weighted by atomic mass is 9.97. The van der Waals surface area contributed by atoms with Crippen LogP contribution in [-0.2, 0) is 4.79 Å². The van der Waals surface area contributed by atoms with E-state index < -0.39 is 5.97 Å². The van der Waals surface area contributed by atoms with Crippen LogP contribution in [0.2, 0.25) is 0 Å². The zero-order valence-electron chi connectivity index (χ0n) is 12.7. The number of carboxylic acids is 1. The smallest absolute Gasteiger partial charge is 0.306 e. The van der Waals surface area contributed by atoms with E-state index in [0.717, 1.165) is 37.7 Å². The fraction of sp³-hybridized carbons (Fsp3) is 0.667. The molecule has 2 heterocycles. The lowest BCUT2D eigenvalue weighted by molar-refractivity contribution is -0.142. The van der Waals surface area contributed by atoms with Gasteiger partial charge in [0.05, 0.1) is 5.92 Å². The highest BCUT2D eigenvalue weighted by Gasteiger charge is 2.25. The summed E-state index contributed by atoms with van der Waals surface area (Å²) >= 11 is 0. The Kier molecular flexibility index (Phi) is 5.36. The van der Waals surface area contributed by atoms with E-state index in [1.54, 1.807) is 6.33 Å². The third kappa shape index (κ3) is 4.58. The van der Waals surface area contributed by atoms with Crippen LogP contribution in [0.15, 0.2) is 12.4 Å². The summed E-state index contributed by atoms with van der Waals surface area (Å²) in [4.78, 5) is 21.6. The molecule has 0 atom stereocenters. The lowest BCUT2D eigenvalue weighted by Crippen LogP contribution is -2.36. The summed E-state index contributed by atoms with van der Waals surface area (Å²) in [6, 6.07) is 1.95. The highest BCUT2D eigenvalue weighted by molar-refractivity contribution is 5.70. The molecule has 6 heteroatoms. The number of nitrogens with zero attached hydrogens (tertiary/aromatic N) is 3. The highest BCUT2D eigenvalue weighted by Crippen LogP contribution is 2.23. The van der Waals surface area contributed by atoms with Gasteiger partial charge in [-0.1, -0.05) is 13.8 Å². The first-order valence-corrected chi connectivity index (χ1v) is 7.60. The Morgan fingerprint density at radius 2 is 2.14 bits per heavy atom. The van der Waals surface area contributed by atoms with E-state index in [9.17, 15) is 4.79 Å². The minimum absolute atomic E-state index is 0.216. The van der Waals surface area contributed by atoms with Crippen molar-refractivity contribution in [3.8, 4) is 0 Å². The van der Waals surface area contributed by atoms with E-state index in [1.165, 1.54) is 0 Å². The van der Waals surface area contributed by atoms with E-state index in [4.69, 9.17) is 5.11 Å². The molecule has 0 aliphatic carbocycles. The maximum atomic E-state index is 11.0. The number of nitrogens with one attached hydrogen (secondary N) is 1. The molecule has 2 N–H and O–H groups in total. The average Bonchev–Trinajstić information content (AvgIpc) is 2.47. The molecule has 0 radical (unpaired) electrons. The van der Waals surface area contributed by atoms with Crippen molar-refractivity contribution in [3.63, 3.8) is 0 Å². The fourth-order valence-corrected chi connectivity index (χ4v) is 2.46. The van der Waals surface area contributed by atoms with Crippen LogP contribution in [0.4, 0.5) is 11.6 Å². The van der Waals surface area contributed by atoms with Gasteiger partial charge in [-0.2, -0.15) is 0 Å². The summed E-state index contributed by atoms with van der Waals surface area (Å²) in [7, 11) is 0. The van der Waals surface area contributed by atoms with E-state index in [-0.39, 0.29) is 5.92 Å². The Morgan fingerprint density at radius 3 is 2.76 bits per heavy atom. The molecule has 0 spiro atoms. The minimum atomic E-state index is -0.687. The van der Waals surface area contributed by atoms with Crippen molar-refractivity contribution in [2.24, 2.45) is 11.8 Å². The van der Waals surface area contributed by atoms with Gasteiger partial charge in [-0.05, 0) is 25.2 Å². The Morgan fingerprint density at radius 1 is 1.43 bits per heavy atom. The predicted octanol–water partition coefficient (Wildman–Crippen LogP) is 2.24. The zero-order valence-corrected chi connectivity index (χ0v) is 12.7. The summed E-state index contributed by atoms with van der Waals surface area (Å²) < 4.78 is 0. The van der Waals surface area contributed by atoms with Crippen molar-refractivity contribution in [1.82, 2.24) is 9.97 Å². The molecular weight excluding hydrogens is 268 g/mol. The quantitative estimate of drug-likeness (QED) is 0.837. The number of carboxylic acid groups (broad SMARTS) is 1. The maximum absolute atomic E-state index is 11.0. The van der Waals surface area contributed by atoms with Gasteiger partial charge in [0.2, 0.25) is 0 Å². The number of aliphatic carboxylic acids is 1. The summed E-state index contributed by atoms with van der Waals surface area (Å²) in [5.74, 6) is 1.47. The summed E-state index contributed by atoms with van der Waals surface area (Å²) in [5.41, 5.74) is 0. The zero-order chi connectivity index (χ0) is 15.2. The van der Waals surface area contributed by atoms with Gasteiger partial charge in [0.1, 0.15) is 18.0 Å². The van der Waals surface area contributed by atoms with Crippen molar-refractivity contribution in [2.75, 3.05) is 29.9 Å². The van der Waals surface area contributed by atoms with Crippen LogP contribution >= 0.6 is 0 Å². The van der Waals surface area contributed by atoms with E-state index in [2.05, 4.69) is 34.0 Å². The first-order chi connectivity index (χ1) is 10.1. The maximum Gasteiger partial charge on any atom is 0.306 e. The molecule has 0 aromatic carbocycles. The Bertz CT molecular complexity index is 470. The molecule has 0 bridgehead atoms. The second kappa shape index (κ2) is 7.24. The number of aromatic nitrogens is 2. The number of hydrogen-bond donors (Lipinski definition) is 2. The predicted molar refractivity (Wildman–Crippen MR) is 82.5 cm³/mol. The molecule has 0 saturated carbocycles. The average molecular weight is 292 g/mol. The molecule has 0 amide bonds. The van der Waals surface area contributed by atoms with E-state index >= 15 is 0 Å². The van der Waals surface area contributed by atoms with Crippen LogP contribution in [0.5, 0.6) is 0 Å². The van der Waals surface area contributed by atoms with Gasteiger partial charge < -0.3 is 15.3 Å². The van der Waals surface area contributed by atoms with Crippen LogP contribution in [-0.4, -0.2) is 40.7 Å². The second-order valence-corrected chi connectivity index (χ2v) is 5.97. The monoisotopic (exact) mass is 292 g/mol. The van der Waals surface area contributed by atoms with Gasteiger partial charge >= 0.3 is 5.97 Å². The molecule has 0 unspecified atom stereocenters. The minimum Gasteiger partial charge on any atom is -0.481 e. The van der Waals surface area contributed by atoms with E-state index in [1.807, 2.05) is 6.07 Å². The fourth-order valence-electron chi connectivity index (χ4n) is 2.46. The van der Waals surface area contributed by atoms with Crippen LogP contribution in [0.3, 0.4) is 0 Å². The van der Waals surface area contributed by atoms with Gasteiger partial charge in [-0.25, -0.2) is 9.97 Å². The Hall–Kier alpha value is -1.85. The molecule has 21 heavy (non-hydrogen) atoms. The number of anilines is 2. The standard InChI is InChI=1S/C15H24N4O2/c1-11(2)3-6-16-13-9-14(18-10-17-13)19-7-4-12(5-8-19)15(20)21/h9-12H,3-8H2,1-2H3,(H,20,21)(H,16,17,18). The van der Waals surface area contributed by atoms with Crippen molar-refractivity contribution in [1.29, 1.82) is 0 Å². The molecule has 116 valence electrons. The van der Waals surface area contributed by atoms with E-state index in [0.29, 0.717) is 18.8 Å². The third-order valence-electron chi connectivity index (χ3n) is 3.85. The normalized spacial score (nSPS) is 16.2. The van der Waals surface area contributed by atoms with Crippen LogP contribution in [0, 0.1) is 11.8 Å². The number of carbonyl (C=O) groups is 1. The molecular formula is C15H24N4O2. The summed E-state index contributed by atoms with van der Waals surface area (Å²) in [6.45, 7) is 6.76. The number of piperidine rings is 1. The highest BCUT2D eigenvalue weighted by atomic mass is 16.4. The van der Waals surface area contributed by atoms with Gasteiger partial charge in [0, 0.05) is 25.7 Å². The van der Waals surface area contributed by atoms with Gasteiger partial charge in [-0.15, -0.1) is 0 Å². The molecule has 1 aliphatic heterocycles. The van der Waals surface area contributed by atoms with Gasteiger partial charge in [-0.3, -0.25) is 4.79 Å². The molecule has 1 aliphatic rings. The molecule has 1 aromatic rings.